The van der Waals surface area contributed by atoms with Crippen LogP contribution in [0.2, 0.25) is 0 Å². The zero-order valence-corrected chi connectivity index (χ0v) is 13.7. The summed E-state index contributed by atoms with van der Waals surface area (Å²) in [6.45, 7) is 5.43. The molecule has 5 nitrogen and oxygen atoms in total. The van der Waals surface area contributed by atoms with Crippen molar-refractivity contribution in [3.05, 3.63) is 28.0 Å². The van der Waals surface area contributed by atoms with Crippen LogP contribution in [-0.2, 0) is 10.0 Å². The SMILES string of the molecule is CCC(C)(C)NC(=O)c1cc(S(N)(=O)=O)c(Br)cc1F. The Morgan fingerprint density at radius 1 is 1.45 bits per heavy atom. The number of halogens is 2. The molecule has 0 aliphatic rings. The van der Waals surface area contributed by atoms with Gasteiger partial charge in [0.15, 0.2) is 0 Å². The highest BCUT2D eigenvalue weighted by atomic mass is 79.9. The van der Waals surface area contributed by atoms with Crippen LogP contribution in [0.15, 0.2) is 21.5 Å². The Hall–Kier alpha value is -0.990. The van der Waals surface area contributed by atoms with Gasteiger partial charge in [0.25, 0.3) is 5.91 Å². The molecule has 0 aliphatic heterocycles. The summed E-state index contributed by atoms with van der Waals surface area (Å²) >= 11 is 2.91. The molecule has 1 aromatic rings. The molecule has 1 rings (SSSR count). The normalized spacial score (nSPS) is 12.3. The molecule has 0 aromatic heterocycles. The van der Waals surface area contributed by atoms with Gasteiger partial charge in [-0.15, -0.1) is 0 Å². The summed E-state index contributed by atoms with van der Waals surface area (Å²) in [4.78, 5) is 11.7. The predicted octanol–water partition coefficient (Wildman–Crippen LogP) is 2.15. The first-order chi connectivity index (χ1) is 8.98. The Bertz CT molecular complexity index is 644. The zero-order chi connectivity index (χ0) is 15.7. The van der Waals surface area contributed by atoms with Crippen molar-refractivity contribution in [2.75, 3.05) is 0 Å². The summed E-state index contributed by atoms with van der Waals surface area (Å²) in [6.07, 6.45) is 0.638. The van der Waals surface area contributed by atoms with Crippen LogP contribution < -0.4 is 10.5 Å². The van der Waals surface area contributed by atoms with E-state index in [1.807, 2.05) is 6.92 Å². The van der Waals surface area contributed by atoms with Crippen LogP contribution in [0, 0.1) is 5.82 Å². The van der Waals surface area contributed by atoms with E-state index in [0.717, 1.165) is 12.1 Å². The van der Waals surface area contributed by atoms with Gasteiger partial charge < -0.3 is 5.32 Å². The molecule has 0 fully saturated rings. The van der Waals surface area contributed by atoms with Crippen molar-refractivity contribution in [2.24, 2.45) is 5.14 Å². The third kappa shape index (κ3) is 4.00. The molecule has 0 unspecified atom stereocenters. The molecule has 0 atom stereocenters. The molecule has 8 heteroatoms. The van der Waals surface area contributed by atoms with Crippen molar-refractivity contribution in [3.8, 4) is 0 Å². The van der Waals surface area contributed by atoms with Gasteiger partial charge in [-0.2, -0.15) is 0 Å². The van der Waals surface area contributed by atoms with E-state index in [4.69, 9.17) is 5.14 Å². The highest BCUT2D eigenvalue weighted by Gasteiger charge is 2.24. The van der Waals surface area contributed by atoms with E-state index < -0.39 is 27.3 Å². The van der Waals surface area contributed by atoms with Crippen LogP contribution in [0.25, 0.3) is 0 Å². The Balaban J connectivity index is 3.30. The Kier molecular flexibility index (Phi) is 4.94. The maximum Gasteiger partial charge on any atom is 0.254 e. The smallest absolute Gasteiger partial charge is 0.254 e. The minimum Gasteiger partial charge on any atom is -0.347 e. The van der Waals surface area contributed by atoms with Crippen molar-refractivity contribution in [1.82, 2.24) is 5.32 Å². The van der Waals surface area contributed by atoms with Gasteiger partial charge in [0.05, 0.1) is 10.5 Å². The maximum absolute atomic E-state index is 13.8. The van der Waals surface area contributed by atoms with Gasteiger partial charge in [-0.3, -0.25) is 4.79 Å². The number of nitrogens with one attached hydrogen (secondary N) is 1. The summed E-state index contributed by atoms with van der Waals surface area (Å²) in [6, 6.07) is 1.84. The molecule has 0 aliphatic carbocycles. The average Bonchev–Trinajstić information content (AvgIpc) is 2.26. The number of hydrogen-bond donors (Lipinski definition) is 2. The zero-order valence-electron chi connectivity index (χ0n) is 11.3. The van der Waals surface area contributed by atoms with Gasteiger partial charge in [0, 0.05) is 10.0 Å². The fraction of sp³-hybridized carbons (Fsp3) is 0.417. The second-order valence-electron chi connectivity index (χ2n) is 5.00. The van der Waals surface area contributed by atoms with Gasteiger partial charge in [-0.25, -0.2) is 17.9 Å². The first-order valence-corrected chi connectivity index (χ1v) is 8.16. The third-order valence-electron chi connectivity index (χ3n) is 2.91. The Morgan fingerprint density at radius 3 is 2.45 bits per heavy atom. The van der Waals surface area contributed by atoms with E-state index in [2.05, 4.69) is 21.2 Å². The Labute approximate surface area is 125 Å². The first kappa shape index (κ1) is 17.1. The predicted molar refractivity (Wildman–Crippen MR) is 77.3 cm³/mol. The van der Waals surface area contributed by atoms with Crippen molar-refractivity contribution in [3.63, 3.8) is 0 Å². The lowest BCUT2D eigenvalue weighted by atomic mass is 10.0. The summed E-state index contributed by atoms with van der Waals surface area (Å²) in [7, 11) is -4.05. The standard InChI is InChI=1S/C12H16BrFN2O3S/c1-4-12(2,3)16-11(17)7-5-10(20(15,18)19)8(13)6-9(7)14/h5-6H,4H2,1-3H3,(H,16,17)(H2,15,18,19). The molecule has 0 bridgehead atoms. The lowest BCUT2D eigenvalue weighted by molar-refractivity contribution is 0.0907. The number of hydrogen-bond acceptors (Lipinski definition) is 3. The maximum atomic E-state index is 13.8. The molecule has 0 saturated heterocycles. The van der Waals surface area contributed by atoms with E-state index in [1.165, 1.54) is 0 Å². The summed E-state index contributed by atoms with van der Waals surface area (Å²) < 4.78 is 36.5. The second kappa shape index (κ2) is 5.79. The second-order valence-corrected chi connectivity index (χ2v) is 7.38. The van der Waals surface area contributed by atoms with Gasteiger partial charge in [-0.05, 0) is 48.3 Å². The number of primary sulfonamides is 1. The van der Waals surface area contributed by atoms with Crippen LogP contribution >= 0.6 is 15.9 Å². The molecular weight excluding hydrogens is 351 g/mol. The molecule has 0 saturated carbocycles. The fourth-order valence-electron chi connectivity index (χ4n) is 1.38. The summed E-state index contributed by atoms with van der Waals surface area (Å²) in [5.41, 5.74) is -0.892. The van der Waals surface area contributed by atoms with Crippen LogP contribution in [-0.4, -0.2) is 19.9 Å². The van der Waals surface area contributed by atoms with Gasteiger partial charge in [0.2, 0.25) is 10.0 Å². The number of benzene rings is 1. The van der Waals surface area contributed by atoms with Gasteiger partial charge in [-0.1, -0.05) is 6.92 Å². The molecule has 3 N–H and O–H groups in total. The van der Waals surface area contributed by atoms with Crippen molar-refractivity contribution in [2.45, 2.75) is 37.6 Å². The minimum absolute atomic E-state index is 0.0243. The third-order valence-corrected chi connectivity index (χ3v) is 4.78. The highest BCUT2D eigenvalue weighted by Crippen LogP contribution is 2.25. The monoisotopic (exact) mass is 366 g/mol. The number of sulfonamides is 1. The lowest BCUT2D eigenvalue weighted by Crippen LogP contribution is -2.43. The number of carbonyl (C=O) groups excluding carboxylic acids is 1. The quantitative estimate of drug-likeness (QED) is 0.855. The summed E-state index contributed by atoms with van der Waals surface area (Å²) in [5.74, 6) is -1.51. The average molecular weight is 367 g/mol. The molecule has 0 heterocycles. The van der Waals surface area contributed by atoms with E-state index in [0.29, 0.717) is 6.42 Å². The van der Waals surface area contributed by atoms with Crippen LogP contribution in [0.3, 0.4) is 0 Å². The topological polar surface area (TPSA) is 89.3 Å². The molecule has 112 valence electrons. The summed E-state index contributed by atoms with van der Waals surface area (Å²) in [5, 5.41) is 7.65. The fourth-order valence-corrected chi connectivity index (χ4v) is 2.99. The van der Waals surface area contributed by atoms with Crippen molar-refractivity contribution >= 4 is 31.9 Å². The molecule has 1 aromatic carbocycles. The van der Waals surface area contributed by atoms with E-state index in [-0.39, 0.29) is 14.9 Å². The number of carbonyl (C=O) groups is 1. The number of rotatable bonds is 4. The largest absolute Gasteiger partial charge is 0.347 e. The number of nitrogens with two attached hydrogens (primary N) is 1. The molecule has 20 heavy (non-hydrogen) atoms. The van der Waals surface area contributed by atoms with E-state index in [9.17, 15) is 17.6 Å². The van der Waals surface area contributed by atoms with Gasteiger partial charge >= 0.3 is 0 Å². The van der Waals surface area contributed by atoms with Crippen LogP contribution in [0.5, 0.6) is 0 Å². The number of amides is 1. The van der Waals surface area contributed by atoms with Crippen LogP contribution in [0.1, 0.15) is 37.6 Å². The minimum atomic E-state index is -4.05. The van der Waals surface area contributed by atoms with Gasteiger partial charge in [0.1, 0.15) is 5.82 Å². The Morgan fingerprint density at radius 2 is 2.00 bits per heavy atom. The van der Waals surface area contributed by atoms with E-state index in [1.54, 1.807) is 13.8 Å². The highest BCUT2D eigenvalue weighted by molar-refractivity contribution is 9.10. The van der Waals surface area contributed by atoms with E-state index >= 15 is 0 Å². The van der Waals surface area contributed by atoms with Crippen LogP contribution in [0.4, 0.5) is 4.39 Å². The van der Waals surface area contributed by atoms with Crippen molar-refractivity contribution < 1.29 is 17.6 Å². The first-order valence-electron chi connectivity index (χ1n) is 5.82. The molecular formula is C12H16BrFN2O3S. The van der Waals surface area contributed by atoms with Crippen molar-refractivity contribution in [1.29, 1.82) is 0 Å². The lowest BCUT2D eigenvalue weighted by Gasteiger charge is -2.24. The molecule has 0 spiro atoms. The molecule has 0 radical (unpaired) electrons. The molecule has 1 amide bonds.